The predicted octanol–water partition coefficient (Wildman–Crippen LogP) is 2.99. The van der Waals surface area contributed by atoms with Crippen molar-refractivity contribution in [2.45, 2.75) is 39.0 Å². The van der Waals surface area contributed by atoms with Crippen LogP contribution in [0.5, 0.6) is 0 Å². The number of rotatable bonds is 6. The topological polar surface area (TPSA) is 49.3 Å². The van der Waals surface area contributed by atoms with E-state index < -0.39 is 0 Å². The summed E-state index contributed by atoms with van der Waals surface area (Å²) in [5.41, 5.74) is 1.76. The molecule has 0 atom stereocenters. The van der Waals surface area contributed by atoms with E-state index in [0.29, 0.717) is 5.41 Å². The molecule has 0 bridgehead atoms. The van der Waals surface area contributed by atoms with Crippen LogP contribution in [0.4, 0.5) is 0 Å². The molecule has 118 valence electrons. The van der Waals surface area contributed by atoms with Gasteiger partial charge in [0.1, 0.15) is 0 Å². The summed E-state index contributed by atoms with van der Waals surface area (Å²) < 4.78 is 0. The molecule has 0 aliphatic heterocycles. The standard InChI is InChI=1S/C16H26N4.HI/c1-3-16(8-5-9-16)13-20-15(17-2)19-11-7-14-6-4-10-18-12-14;/h4,6,10,12H,3,5,7-9,11,13H2,1-2H3,(H2,17,19,20);1H. The van der Waals surface area contributed by atoms with E-state index in [-0.39, 0.29) is 24.0 Å². The summed E-state index contributed by atoms with van der Waals surface area (Å²) in [5.74, 6) is 0.911. The van der Waals surface area contributed by atoms with Gasteiger partial charge in [-0.1, -0.05) is 19.4 Å². The predicted molar refractivity (Wildman–Crippen MR) is 99.3 cm³/mol. The lowest BCUT2D eigenvalue weighted by Gasteiger charge is -2.41. The van der Waals surface area contributed by atoms with Gasteiger partial charge < -0.3 is 10.6 Å². The van der Waals surface area contributed by atoms with Gasteiger partial charge in [-0.05, 0) is 42.7 Å². The summed E-state index contributed by atoms with van der Waals surface area (Å²) in [6, 6.07) is 4.08. The lowest BCUT2D eigenvalue weighted by atomic mass is 9.67. The number of nitrogens with one attached hydrogen (secondary N) is 2. The molecule has 0 saturated heterocycles. The van der Waals surface area contributed by atoms with E-state index in [2.05, 4.69) is 33.6 Å². The smallest absolute Gasteiger partial charge is 0.191 e. The maximum Gasteiger partial charge on any atom is 0.191 e. The van der Waals surface area contributed by atoms with E-state index in [9.17, 15) is 0 Å². The lowest BCUT2D eigenvalue weighted by molar-refractivity contribution is 0.131. The number of hydrogen-bond acceptors (Lipinski definition) is 2. The van der Waals surface area contributed by atoms with E-state index in [1.165, 1.54) is 31.2 Å². The first-order valence-corrected chi connectivity index (χ1v) is 7.61. The average molecular weight is 402 g/mol. The maximum atomic E-state index is 4.29. The minimum absolute atomic E-state index is 0. The highest BCUT2D eigenvalue weighted by Gasteiger charge is 2.34. The van der Waals surface area contributed by atoms with Crippen LogP contribution in [0.2, 0.25) is 0 Å². The molecule has 1 aromatic rings. The molecule has 5 heteroatoms. The Hall–Kier alpha value is -0.850. The van der Waals surface area contributed by atoms with Crippen molar-refractivity contribution in [3.05, 3.63) is 30.1 Å². The fourth-order valence-electron chi connectivity index (χ4n) is 2.70. The van der Waals surface area contributed by atoms with Crippen LogP contribution in [0, 0.1) is 5.41 Å². The molecule has 1 saturated carbocycles. The Morgan fingerprint density at radius 3 is 2.71 bits per heavy atom. The number of aliphatic imine (C=N–C) groups is 1. The van der Waals surface area contributed by atoms with Gasteiger partial charge in [-0.3, -0.25) is 9.98 Å². The highest BCUT2D eigenvalue weighted by atomic mass is 127. The Labute approximate surface area is 145 Å². The van der Waals surface area contributed by atoms with Crippen molar-refractivity contribution in [3.8, 4) is 0 Å². The molecule has 0 aromatic carbocycles. The molecule has 1 fully saturated rings. The Morgan fingerprint density at radius 2 is 2.19 bits per heavy atom. The van der Waals surface area contributed by atoms with Crippen LogP contribution in [-0.2, 0) is 6.42 Å². The second-order valence-corrected chi connectivity index (χ2v) is 5.67. The molecule has 2 rings (SSSR count). The summed E-state index contributed by atoms with van der Waals surface area (Å²) >= 11 is 0. The van der Waals surface area contributed by atoms with Crippen LogP contribution >= 0.6 is 24.0 Å². The molecule has 21 heavy (non-hydrogen) atoms. The van der Waals surface area contributed by atoms with E-state index in [4.69, 9.17) is 0 Å². The van der Waals surface area contributed by atoms with Crippen LogP contribution in [0.3, 0.4) is 0 Å². The molecule has 4 nitrogen and oxygen atoms in total. The summed E-state index contributed by atoms with van der Waals surface area (Å²) in [7, 11) is 1.83. The van der Waals surface area contributed by atoms with Gasteiger partial charge >= 0.3 is 0 Å². The fraction of sp³-hybridized carbons (Fsp3) is 0.625. The van der Waals surface area contributed by atoms with Gasteiger partial charge in [0.05, 0.1) is 0 Å². The Kier molecular flexibility index (Phi) is 8.00. The van der Waals surface area contributed by atoms with E-state index in [1.807, 2.05) is 19.3 Å². The zero-order valence-electron chi connectivity index (χ0n) is 13.1. The summed E-state index contributed by atoms with van der Waals surface area (Å²) in [4.78, 5) is 8.42. The van der Waals surface area contributed by atoms with Crippen molar-refractivity contribution in [1.29, 1.82) is 0 Å². The Morgan fingerprint density at radius 1 is 1.38 bits per heavy atom. The Bertz CT molecular complexity index is 424. The molecule has 0 unspecified atom stereocenters. The first-order chi connectivity index (χ1) is 9.78. The average Bonchev–Trinajstić information content (AvgIpc) is 2.45. The second-order valence-electron chi connectivity index (χ2n) is 5.67. The van der Waals surface area contributed by atoms with Gasteiger partial charge in [-0.15, -0.1) is 24.0 Å². The molecule has 0 spiro atoms. The number of halogens is 1. The molecule has 0 amide bonds. The minimum Gasteiger partial charge on any atom is -0.356 e. The van der Waals surface area contributed by atoms with Crippen LogP contribution in [0.15, 0.2) is 29.5 Å². The van der Waals surface area contributed by atoms with Crippen LogP contribution in [-0.4, -0.2) is 31.1 Å². The fourth-order valence-corrected chi connectivity index (χ4v) is 2.70. The van der Waals surface area contributed by atoms with Gasteiger partial charge in [0.2, 0.25) is 0 Å². The minimum atomic E-state index is 0. The van der Waals surface area contributed by atoms with Crippen LogP contribution < -0.4 is 10.6 Å². The van der Waals surface area contributed by atoms with E-state index in [0.717, 1.165) is 25.5 Å². The van der Waals surface area contributed by atoms with E-state index in [1.54, 1.807) is 6.20 Å². The third-order valence-corrected chi connectivity index (χ3v) is 4.45. The van der Waals surface area contributed by atoms with Gasteiger partial charge in [-0.25, -0.2) is 0 Å². The number of nitrogens with zero attached hydrogens (tertiary/aromatic N) is 2. The van der Waals surface area contributed by atoms with Gasteiger partial charge in [0.15, 0.2) is 5.96 Å². The van der Waals surface area contributed by atoms with Gasteiger partial charge in [0.25, 0.3) is 0 Å². The normalized spacial score (nSPS) is 16.6. The molecule has 2 N–H and O–H groups in total. The molecule has 1 aromatic heterocycles. The third kappa shape index (κ3) is 5.45. The second kappa shape index (κ2) is 9.23. The highest BCUT2D eigenvalue weighted by Crippen LogP contribution is 2.42. The number of pyridine rings is 1. The van der Waals surface area contributed by atoms with Crippen molar-refractivity contribution in [2.75, 3.05) is 20.1 Å². The van der Waals surface area contributed by atoms with Gasteiger partial charge in [-0.2, -0.15) is 0 Å². The SMILES string of the molecule is CCC1(CNC(=NC)NCCc2cccnc2)CCC1.I. The molecule has 1 aliphatic rings. The lowest BCUT2D eigenvalue weighted by Crippen LogP contribution is -2.46. The third-order valence-electron chi connectivity index (χ3n) is 4.45. The number of aromatic nitrogens is 1. The molecule has 0 radical (unpaired) electrons. The quantitative estimate of drug-likeness (QED) is 0.437. The van der Waals surface area contributed by atoms with Gasteiger partial charge in [0, 0.05) is 32.5 Å². The largest absolute Gasteiger partial charge is 0.356 e. The van der Waals surface area contributed by atoms with Crippen LogP contribution in [0.1, 0.15) is 38.2 Å². The summed E-state index contributed by atoms with van der Waals surface area (Å²) in [5, 5.41) is 6.85. The molecule has 1 aliphatic carbocycles. The summed E-state index contributed by atoms with van der Waals surface area (Å²) in [6.45, 7) is 4.21. The van der Waals surface area contributed by atoms with Crippen molar-refractivity contribution in [3.63, 3.8) is 0 Å². The van der Waals surface area contributed by atoms with E-state index >= 15 is 0 Å². The monoisotopic (exact) mass is 402 g/mol. The summed E-state index contributed by atoms with van der Waals surface area (Å²) in [6.07, 6.45) is 10.0. The number of guanidine groups is 1. The van der Waals surface area contributed by atoms with Crippen molar-refractivity contribution in [2.24, 2.45) is 10.4 Å². The van der Waals surface area contributed by atoms with Crippen LogP contribution in [0.25, 0.3) is 0 Å². The first kappa shape index (κ1) is 18.2. The van der Waals surface area contributed by atoms with Crippen molar-refractivity contribution < 1.29 is 0 Å². The number of hydrogen-bond donors (Lipinski definition) is 2. The zero-order chi connectivity index (χ0) is 14.3. The molecule has 1 heterocycles. The highest BCUT2D eigenvalue weighted by molar-refractivity contribution is 14.0. The molecular formula is C16H27IN4. The van der Waals surface area contributed by atoms with Crippen molar-refractivity contribution >= 4 is 29.9 Å². The Balaban J connectivity index is 0.00000220. The maximum absolute atomic E-state index is 4.29. The first-order valence-electron chi connectivity index (χ1n) is 7.61. The molecular weight excluding hydrogens is 375 g/mol. The zero-order valence-corrected chi connectivity index (χ0v) is 15.4. The van der Waals surface area contributed by atoms with Crippen molar-refractivity contribution in [1.82, 2.24) is 15.6 Å².